The van der Waals surface area contributed by atoms with E-state index in [1.165, 1.54) is 173 Å². The van der Waals surface area contributed by atoms with Crippen LogP contribution in [0.2, 0.25) is 0 Å². The van der Waals surface area contributed by atoms with Crippen molar-refractivity contribution in [3.8, 4) is 0 Å². The minimum Gasteiger partial charge on any atom is -0.394 e. The van der Waals surface area contributed by atoms with E-state index in [1.54, 1.807) is 6.08 Å². The van der Waals surface area contributed by atoms with Gasteiger partial charge in [0.15, 0.2) is 0 Å². The minimum atomic E-state index is -0.830. The molecule has 0 aromatic heterocycles. The van der Waals surface area contributed by atoms with E-state index in [9.17, 15) is 15.0 Å². The van der Waals surface area contributed by atoms with Crippen molar-refractivity contribution in [2.75, 3.05) is 6.61 Å². The van der Waals surface area contributed by atoms with Crippen LogP contribution in [0.1, 0.15) is 232 Å². The van der Waals surface area contributed by atoms with Gasteiger partial charge in [-0.15, -0.1) is 0 Å². The molecular formula is C42H83NO3. The van der Waals surface area contributed by atoms with Gasteiger partial charge in [0.05, 0.1) is 18.8 Å². The van der Waals surface area contributed by atoms with E-state index in [0.717, 1.165) is 38.5 Å². The normalized spacial score (nSPS) is 13.0. The fourth-order valence-electron chi connectivity index (χ4n) is 6.53. The summed E-state index contributed by atoms with van der Waals surface area (Å²) >= 11 is 0. The molecule has 0 aromatic rings. The second-order valence-electron chi connectivity index (χ2n) is 14.4. The summed E-state index contributed by atoms with van der Waals surface area (Å²) in [5.74, 6) is -0.0802. The Kier molecular flexibility index (Phi) is 37.8. The van der Waals surface area contributed by atoms with Crippen LogP contribution in [0.3, 0.4) is 0 Å². The summed E-state index contributed by atoms with van der Waals surface area (Å²) in [5.41, 5.74) is 0. The standard InChI is InChI=1S/C42H83NO3/c1-3-5-7-9-10-11-12-13-14-15-16-17-18-19-20-21-22-23-24-25-26-27-28-29-30-31-32-33-34-35-37-41(45)40(39-44)43-42(46)38-36-8-6-4-2/h35,37,40-41,44-45H,3-34,36,38-39H2,1-2H3,(H,43,46)/b37-35+. The molecular weight excluding hydrogens is 566 g/mol. The van der Waals surface area contributed by atoms with E-state index in [0.29, 0.717) is 6.42 Å². The number of amides is 1. The van der Waals surface area contributed by atoms with Crippen LogP contribution in [0.25, 0.3) is 0 Å². The Bertz CT molecular complexity index is 622. The Morgan fingerprint density at radius 3 is 1.13 bits per heavy atom. The summed E-state index contributed by atoms with van der Waals surface area (Å²) in [5, 5.41) is 22.6. The Morgan fingerprint density at radius 1 is 0.500 bits per heavy atom. The summed E-state index contributed by atoms with van der Waals surface area (Å²) in [6, 6.07) is -0.612. The third kappa shape index (κ3) is 34.5. The molecule has 0 aliphatic heterocycles. The highest BCUT2D eigenvalue weighted by molar-refractivity contribution is 5.76. The van der Waals surface area contributed by atoms with Crippen molar-refractivity contribution in [2.24, 2.45) is 0 Å². The van der Waals surface area contributed by atoms with Gasteiger partial charge in [-0.3, -0.25) is 4.79 Å². The van der Waals surface area contributed by atoms with E-state index >= 15 is 0 Å². The molecule has 0 bridgehead atoms. The van der Waals surface area contributed by atoms with Crippen molar-refractivity contribution >= 4 is 5.91 Å². The largest absolute Gasteiger partial charge is 0.394 e. The third-order valence-electron chi connectivity index (χ3n) is 9.77. The highest BCUT2D eigenvalue weighted by Crippen LogP contribution is 2.16. The number of nitrogens with one attached hydrogen (secondary N) is 1. The van der Waals surface area contributed by atoms with Gasteiger partial charge in [0.2, 0.25) is 5.91 Å². The van der Waals surface area contributed by atoms with E-state index in [1.807, 2.05) is 6.08 Å². The van der Waals surface area contributed by atoms with Crippen LogP contribution >= 0.6 is 0 Å². The number of carbonyl (C=O) groups excluding carboxylic acids is 1. The molecule has 0 rings (SSSR count). The Labute approximate surface area is 288 Å². The maximum atomic E-state index is 12.0. The van der Waals surface area contributed by atoms with Gasteiger partial charge in [-0.05, 0) is 19.3 Å². The van der Waals surface area contributed by atoms with Crippen molar-refractivity contribution in [2.45, 2.75) is 244 Å². The smallest absolute Gasteiger partial charge is 0.220 e. The molecule has 0 saturated heterocycles. The zero-order valence-electron chi connectivity index (χ0n) is 31.4. The van der Waals surface area contributed by atoms with Gasteiger partial charge < -0.3 is 15.5 Å². The summed E-state index contributed by atoms with van der Waals surface area (Å²) in [7, 11) is 0. The zero-order chi connectivity index (χ0) is 33.6. The van der Waals surface area contributed by atoms with Crippen molar-refractivity contribution in [1.82, 2.24) is 5.32 Å². The molecule has 0 fully saturated rings. The highest BCUT2D eigenvalue weighted by Gasteiger charge is 2.17. The quantitative estimate of drug-likeness (QED) is 0.0460. The molecule has 0 aromatic carbocycles. The van der Waals surface area contributed by atoms with Gasteiger partial charge in [-0.25, -0.2) is 0 Å². The van der Waals surface area contributed by atoms with Crippen LogP contribution in [0.15, 0.2) is 12.2 Å². The molecule has 3 N–H and O–H groups in total. The van der Waals surface area contributed by atoms with Crippen molar-refractivity contribution < 1.29 is 15.0 Å². The molecule has 1 amide bonds. The van der Waals surface area contributed by atoms with Crippen LogP contribution in [0, 0.1) is 0 Å². The van der Waals surface area contributed by atoms with Gasteiger partial charge in [-0.2, -0.15) is 0 Å². The Morgan fingerprint density at radius 2 is 0.804 bits per heavy atom. The molecule has 2 unspecified atom stereocenters. The molecule has 0 spiro atoms. The summed E-state index contributed by atoms with van der Waals surface area (Å²) in [6.45, 7) is 4.20. The fourth-order valence-corrected chi connectivity index (χ4v) is 6.53. The lowest BCUT2D eigenvalue weighted by atomic mass is 10.0. The van der Waals surface area contributed by atoms with Crippen LogP contribution in [-0.4, -0.2) is 34.9 Å². The zero-order valence-corrected chi connectivity index (χ0v) is 31.4. The van der Waals surface area contributed by atoms with Crippen LogP contribution in [0.5, 0.6) is 0 Å². The lowest BCUT2D eigenvalue weighted by Crippen LogP contribution is -2.45. The van der Waals surface area contributed by atoms with Crippen molar-refractivity contribution in [3.05, 3.63) is 12.2 Å². The van der Waals surface area contributed by atoms with Gasteiger partial charge in [-0.1, -0.05) is 219 Å². The first kappa shape index (κ1) is 45.1. The molecule has 46 heavy (non-hydrogen) atoms. The lowest BCUT2D eigenvalue weighted by molar-refractivity contribution is -0.123. The molecule has 2 atom stereocenters. The average molecular weight is 650 g/mol. The SMILES string of the molecule is CCCCCCCCCCCCCCCCCCCCCCCCCCCCCC/C=C/C(O)C(CO)NC(=O)CCCCCC. The summed E-state index contributed by atoms with van der Waals surface area (Å²) in [6.07, 6.45) is 48.1. The van der Waals surface area contributed by atoms with Crippen LogP contribution in [-0.2, 0) is 4.79 Å². The monoisotopic (exact) mass is 650 g/mol. The Hall–Kier alpha value is -0.870. The molecule has 4 heteroatoms. The molecule has 4 nitrogen and oxygen atoms in total. The van der Waals surface area contributed by atoms with E-state index < -0.39 is 12.1 Å². The fraction of sp³-hybridized carbons (Fsp3) is 0.929. The maximum absolute atomic E-state index is 12.0. The van der Waals surface area contributed by atoms with Crippen molar-refractivity contribution in [1.29, 1.82) is 0 Å². The predicted octanol–water partition coefficient (Wildman–Crippen LogP) is 12.7. The second-order valence-corrected chi connectivity index (χ2v) is 14.4. The van der Waals surface area contributed by atoms with Gasteiger partial charge in [0, 0.05) is 6.42 Å². The topological polar surface area (TPSA) is 69.6 Å². The third-order valence-corrected chi connectivity index (χ3v) is 9.77. The molecule has 0 radical (unpaired) electrons. The van der Waals surface area contributed by atoms with Crippen LogP contribution < -0.4 is 5.32 Å². The first-order chi connectivity index (χ1) is 22.7. The average Bonchev–Trinajstić information content (AvgIpc) is 3.06. The lowest BCUT2D eigenvalue weighted by Gasteiger charge is -2.19. The molecule has 0 aliphatic carbocycles. The molecule has 0 saturated carbocycles. The minimum absolute atomic E-state index is 0.0802. The van der Waals surface area contributed by atoms with Gasteiger partial charge in [0.25, 0.3) is 0 Å². The first-order valence-electron chi connectivity index (χ1n) is 20.9. The number of carbonyl (C=O) groups is 1. The predicted molar refractivity (Wildman–Crippen MR) is 202 cm³/mol. The summed E-state index contributed by atoms with van der Waals surface area (Å²) in [4.78, 5) is 12.0. The number of hydrogen-bond acceptors (Lipinski definition) is 3. The van der Waals surface area contributed by atoms with Crippen molar-refractivity contribution in [3.63, 3.8) is 0 Å². The number of rotatable bonds is 38. The Balaban J connectivity index is 3.33. The van der Waals surface area contributed by atoms with E-state index in [2.05, 4.69) is 19.2 Å². The summed E-state index contributed by atoms with van der Waals surface area (Å²) < 4.78 is 0. The molecule has 274 valence electrons. The number of allylic oxidation sites excluding steroid dienone is 1. The number of aliphatic hydroxyl groups is 2. The van der Waals surface area contributed by atoms with Gasteiger partial charge in [0.1, 0.15) is 0 Å². The second kappa shape index (κ2) is 38.6. The number of hydrogen-bond donors (Lipinski definition) is 3. The molecule has 0 aliphatic rings. The maximum Gasteiger partial charge on any atom is 0.220 e. The van der Waals surface area contributed by atoms with E-state index in [-0.39, 0.29) is 12.5 Å². The number of unbranched alkanes of at least 4 members (excludes halogenated alkanes) is 31. The highest BCUT2D eigenvalue weighted by atomic mass is 16.3. The van der Waals surface area contributed by atoms with Crippen LogP contribution in [0.4, 0.5) is 0 Å². The van der Waals surface area contributed by atoms with Gasteiger partial charge >= 0.3 is 0 Å². The van der Waals surface area contributed by atoms with E-state index in [4.69, 9.17) is 0 Å². The first-order valence-corrected chi connectivity index (χ1v) is 20.9. The number of aliphatic hydroxyl groups excluding tert-OH is 2. The molecule has 0 heterocycles.